The van der Waals surface area contributed by atoms with Crippen LogP contribution in [0.4, 0.5) is 0 Å². The number of allylic oxidation sites excluding steroid dienone is 5. The minimum Gasteiger partial charge on any atom is -0.394 e. The van der Waals surface area contributed by atoms with Gasteiger partial charge in [0.1, 0.15) is 73.2 Å². The number of aliphatic hydroxyl groups excluding tert-OH is 11. The van der Waals surface area contributed by atoms with Crippen molar-refractivity contribution in [2.45, 2.75) is 279 Å². The van der Waals surface area contributed by atoms with Crippen LogP contribution >= 0.6 is 0 Å². The average Bonchev–Trinajstić information content (AvgIpc) is 3.40. The Morgan fingerprint density at radius 1 is 0.473 bits per heavy atom. The fourth-order valence-corrected chi connectivity index (χ4v) is 9.46. The van der Waals surface area contributed by atoms with Gasteiger partial charge in [-0.05, 0) is 44.9 Å². The molecule has 3 aliphatic heterocycles. The number of ether oxygens (including phenoxy) is 6. The summed E-state index contributed by atoms with van der Waals surface area (Å²) in [6, 6.07) is -0.990. The summed E-state index contributed by atoms with van der Waals surface area (Å²) in [4.78, 5) is 13.2. The lowest BCUT2D eigenvalue weighted by atomic mass is 9.96. The van der Waals surface area contributed by atoms with Crippen LogP contribution in [0.1, 0.15) is 174 Å². The van der Waals surface area contributed by atoms with Crippen LogP contribution in [-0.4, -0.2) is 193 Å². The van der Waals surface area contributed by atoms with Crippen molar-refractivity contribution in [2.24, 2.45) is 0 Å². The fourth-order valence-electron chi connectivity index (χ4n) is 9.46. The monoisotopic (exact) mass is 1060 g/mol. The van der Waals surface area contributed by atoms with Crippen molar-refractivity contribution in [2.75, 3.05) is 26.4 Å². The molecule has 3 saturated heterocycles. The number of amides is 1. The van der Waals surface area contributed by atoms with Gasteiger partial charge in [0.2, 0.25) is 5.91 Å². The molecule has 0 aromatic heterocycles. The highest BCUT2D eigenvalue weighted by molar-refractivity contribution is 5.76. The Hall–Kier alpha value is -1.99. The van der Waals surface area contributed by atoms with E-state index in [0.717, 1.165) is 44.9 Å². The third-order valence-corrected chi connectivity index (χ3v) is 14.2. The summed E-state index contributed by atoms with van der Waals surface area (Å²) in [6.07, 6.45) is 13.0. The Morgan fingerprint density at radius 3 is 1.35 bits per heavy atom. The molecule has 3 heterocycles. The van der Waals surface area contributed by atoms with Crippen LogP contribution in [0.3, 0.4) is 0 Å². The van der Waals surface area contributed by atoms with Crippen LogP contribution in [0.25, 0.3) is 0 Å². The molecule has 0 spiro atoms. The molecule has 432 valence electrons. The molecule has 1 amide bonds. The van der Waals surface area contributed by atoms with Gasteiger partial charge < -0.3 is 89.9 Å². The number of nitrogens with one attached hydrogen (secondary N) is 1. The van der Waals surface area contributed by atoms with E-state index in [1.165, 1.54) is 96.3 Å². The largest absolute Gasteiger partial charge is 0.394 e. The molecule has 0 bridgehead atoms. The summed E-state index contributed by atoms with van der Waals surface area (Å²) in [6.45, 7) is 1.64. The van der Waals surface area contributed by atoms with Crippen LogP contribution in [0, 0.1) is 0 Å². The van der Waals surface area contributed by atoms with E-state index in [9.17, 15) is 61.0 Å². The lowest BCUT2D eigenvalue weighted by Crippen LogP contribution is -2.66. The van der Waals surface area contributed by atoms with Gasteiger partial charge in [-0.15, -0.1) is 0 Å². The van der Waals surface area contributed by atoms with E-state index in [4.69, 9.17) is 28.4 Å². The molecule has 74 heavy (non-hydrogen) atoms. The Morgan fingerprint density at radius 2 is 0.865 bits per heavy atom. The lowest BCUT2D eigenvalue weighted by molar-refractivity contribution is -0.379. The fraction of sp³-hybridized carbons (Fsp3) is 0.873. The predicted octanol–water partition coefficient (Wildman–Crippen LogP) is 3.76. The maximum Gasteiger partial charge on any atom is 0.220 e. The van der Waals surface area contributed by atoms with Gasteiger partial charge in [-0.1, -0.05) is 159 Å². The first-order valence-corrected chi connectivity index (χ1v) is 28.2. The molecular weight excluding hydrogens is 963 g/mol. The molecule has 0 saturated carbocycles. The van der Waals surface area contributed by atoms with Crippen LogP contribution in [-0.2, 0) is 33.2 Å². The molecule has 3 fully saturated rings. The highest BCUT2D eigenvalue weighted by atomic mass is 16.8. The highest BCUT2D eigenvalue weighted by Gasteiger charge is 2.53. The first kappa shape index (κ1) is 66.3. The number of unbranched alkanes of at least 4 members (excludes halogenated alkanes) is 20. The van der Waals surface area contributed by atoms with Crippen LogP contribution < -0.4 is 5.32 Å². The standard InChI is InChI=1S/C55H99NO18/c1-3-5-7-9-11-13-14-15-16-17-18-19-20-21-22-23-25-26-28-30-32-39(60)38(56-43(61)33-31-29-27-24-12-10-8-6-4-2)37-69-53-49(67)46(64)51(41(35-58)71-53)74-55-50(68)47(65)52(42(36-59)72-55)73-54-48(66)45(63)44(62)40(34-57)70-54/h19-20,23,25,30,32,38-42,44-55,57-60,62-68H,3-18,21-22,24,26-29,31,33-37H2,1-2H3,(H,56,61)/b20-19+,25-23+,32-30+. The minimum absolute atomic E-state index is 0.233. The summed E-state index contributed by atoms with van der Waals surface area (Å²) in [5.74, 6) is -0.295. The highest BCUT2D eigenvalue weighted by Crippen LogP contribution is 2.33. The Labute approximate surface area is 440 Å². The summed E-state index contributed by atoms with van der Waals surface area (Å²) in [5.41, 5.74) is 0. The maximum absolute atomic E-state index is 13.2. The van der Waals surface area contributed by atoms with E-state index >= 15 is 0 Å². The van der Waals surface area contributed by atoms with Crippen molar-refractivity contribution in [3.8, 4) is 0 Å². The number of carbonyl (C=O) groups is 1. The van der Waals surface area contributed by atoms with Crippen molar-refractivity contribution in [3.63, 3.8) is 0 Å². The molecule has 3 aliphatic rings. The quantitative estimate of drug-likeness (QED) is 0.0307. The van der Waals surface area contributed by atoms with Crippen LogP contribution in [0.2, 0.25) is 0 Å². The second-order valence-electron chi connectivity index (χ2n) is 20.4. The lowest BCUT2D eigenvalue weighted by Gasteiger charge is -2.48. The molecule has 0 aliphatic carbocycles. The third kappa shape index (κ3) is 23.9. The maximum atomic E-state index is 13.2. The van der Waals surface area contributed by atoms with Crippen molar-refractivity contribution in [3.05, 3.63) is 36.5 Å². The van der Waals surface area contributed by atoms with E-state index in [1.54, 1.807) is 6.08 Å². The minimum atomic E-state index is -1.98. The molecule has 19 nitrogen and oxygen atoms in total. The van der Waals surface area contributed by atoms with Gasteiger partial charge in [0.05, 0.1) is 38.6 Å². The van der Waals surface area contributed by atoms with Gasteiger partial charge >= 0.3 is 0 Å². The Kier molecular flexibility index (Phi) is 35.3. The van der Waals surface area contributed by atoms with E-state index in [2.05, 4.69) is 43.5 Å². The first-order valence-electron chi connectivity index (χ1n) is 28.2. The van der Waals surface area contributed by atoms with E-state index in [1.807, 2.05) is 6.08 Å². The van der Waals surface area contributed by atoms with E-state index in [-0.39, 0.29) is 18.9 Å². The number of hydrogen-bond acceptors (Lipinski definition) is 18. The Balaban J connectivity index is 1.53. The van der Waals surface area contributed by atoms with Gasteiger partial charge in [-0.2, -0.15) is 0 Å². The second-order valence-corrected chi connectivity index (χ2v) is 20.4. The van der Waals surface area contributed by atoms with Gasteiger partial charge in [0.15, 0.2) is 18.9 Å². The van der Waals surface area contributed by atoms with E-state index < -0.39 is 124 Å². The Bertz CT molecular complexity index is 1500. The van der Waals surface area contributed by atoms with Crippen LogP contribution in [0.5, 0.6) is 0 Å². The number of aliphatic hydroxyl groups is 11. The SMILES string of the molecule is CCCCCCCCCCCC/C=C/CC/C=C/CC/C=C/C(O)C(COC1OC(CO)C(OC2OC(CO)C(OC3OC(CO)C(O)C(O)C3O)C(O)C2O)C(O)C1O)NC(=O)CCCCCCCCCCC. The average molecular weight is 1060 g/mol. The summed E-state index contributed by atoms with van der Waals surface area (Å²) >= 11 is 0. The normalized spacial score (nSPS) is 31.7. The zero-order valence-electron chi connectivity index (χ0n) is 44.6. The van der Waals surface area contributed by atoms with Crippen molar-refractivity contribution in [1.82, 2.24) is 5.32 Å². The molecule has 17 unspecified atom stereocenters. The van der Waals surface area contributed by atoms with Gasteiger partial charge in [-0.3, -0.25) is 4.79 Å². The molecule has 19 heteroatoms. The smallest absolute Gasteiger partial charge is 0.220 e. The van der Waals surface area contributed by atoms with E-state index in [0.29, 0.717) is 12.8 Å². The molecule has 3 rings (SSSR count). The predicted molar refractivity (Wildman–Crippen MR) is 277 cm³/mol. The molecule has 17 atom stereocenters. The molecule has 0 aromatic carbocycles. The zero-order chi connectivity index (χ0) is 54.1. The number of hydrogen-bond donors (Lipinski definition) is 12. The topological polar surface area (TPSA) is 307 Å². The van der Waals surface area contributed by atoms with Crippen molar-refractivity contribution in [1.29, 1.82) is 0 Å². The second kappa shape index (κ2) is 39.4. The number of rotatable bonds is 40. The van der Waals surface area contributed by atoms with Gasteiger partial charge in [0.25, 0.3) is 0 Å². The molecule has 12 N–H and O–H groups in total. The molecular formula is C55H99NO18. The number of carbonyl (C=O) groups excluding carboxylic acids is 1. The summed E-state index contributed by atoms with van der Waals surface area (Å²) in [5, 5.41) is 120. The third-order valence-electron chi connectivity index (χ3n) is 14.2. The van der Waals surface area contributed by atoms with Crippen molar-refractivity contribution < 1.29 is 89.4 Å². The first-order chi connectivity index (χ1) is 35.8. The van der Waals surface area contributed by atoms with Crippen molar-refractivity contribution >= 4 is 5.91 Å². The molecule has 0 aromatic rings. The molecule has 0 radical (unpaired) electrons. The van der Waals surface area contributed by atoms with Gasteiger partial charge in [0, 0.05) is 6.42 Å². The summed E-state index contributed by atoms with van der Waals surface area (Å²) in [7, 11) is 0. The van der Waals surface area contributed by atoms with Crippen LogP contribution in [0.15, 0.2) is 36.5 Å². The summed E-state index contributed by atoms with van der Waals surface area (Å²) < 4.78 is 34.1. The zero-order valence-corrected chi connectivity index (χ0v) is 44.6. The van der Waals surface area contributed by atoms with Gasteiger partial charge in [-0.25, -0.2) is 0 Å².